The SMILES string of the molecule is FC(F)(F)c1nc(NCc2ccccc2)nc2nccnc12. The number of rotatable bonds is 3. The van der Waals surface area contributed by atoms with Crippen LogP contribution in [-0.2, 0) is 12.7 Å². The first kappa shape index (κ1) is 14.2. The lowest BCUT2D eigenvalue weighted by Gasteiger charge is -2.11. The number of hydrogen-bond donors (Lipinski definition) is 1. The van der Waals surface area contributed by atoms with Gasteiger partial charge in [-0.25, -0.2) is 15.0 Å². The van der Waals surface area contributed by atoms with Crippen molar-refractivity contribution >= 4 is 17.1 Å². The number of anilines is 1. The van der Waals surface area contributed by atoms with Gasteiger partial charge in [-0.05, 0) is 5.56 Å². The molecule has 0 amide bonds. The molecule has 5 nitrogen and oxygen atoms in total. The van der Waals surface area contributed by atoms with Gasteiger partial charge in [0.1, 0.15) is 5.52 Å². The van der Waals surface area contributed by atoms with Gasteiger partial charge in [0.2, 0.25) is 5.95 Å². The van der Waals surface area contributed by atoms with Gasteiger partial charge in [0.05, 0.1) is 0 Å². The van der Waals surface area contributed by atoms with E-state index in [1.54, 1.807) is 0 Å². The van der Waals surface area contributed by atoms with Crippen LogP contribution < -0.4 is 5.32 Å². The average Bonchev–Trinajstić information content (AvgIpc) is 2.52. The molecule has 0 fully saturated rings. The molecule has 3 aromatic rings. The van der Waals surface area contributed by atoms with Crippen molar-refractivity contribution in [1.82, 2.24) is 19.9 Å². The van der Waals surface area contributed by atoms with Crippen molar-refractivity contribution < 1.29 is 13.2 Å². The maximum absolute atomic E-state index is 13.1. The molecule has 8 heteroatoms. The molecule has 1 N–H and O–H groups in total. The van der Waals surface area contributed by atoms with Gasteiger partial charge in [0.25, 0.3) is 0 Å². The summed E-state index contributed by atoms with van der Waals surface area (Å²) in [6.45, 7) is 0.309. The summed E-state index contributed by atoms with van der Waals surface area (Å²) in [7, 11) is 0. The van der Waals surface area contributed by atoms with Gasteiger partial charge in [-0.2, -0.15) is 18.2 Å². The van der Waals surface area contributed by atoms with Crippen LogP contribution in [-0.4, -0.2) is 19.9 Å². The fraction of sp³-hybridized carbons (Fsp3) is 0.143. The van der Waals surface area contributed by atoms with E-state index in [0.29, 0.717) is 6.54 Å². The number of aromatic nitrogens is 4. The fourth-order valence-corrected chi connectivity index (χ4v) is 1.92. The number of alkyl halides is 3. The Kier molecular flexibility index (Phi) is 3.58. The zero-order valence-electron chi connectivity index (χ0n) is 11.2. The highest BCUT2D eigenvalue weighted by atomic mass is 19.4. The lowest BCUT2D eigenvalue weighted by Crippen LogP contribution is -2.14. The molecule has 2 aromatic heterocycles. The predicted octanol–water partition coefficient (Wildman–Crippen LogP) is 3.05. The third-order valence-electron chi connectivity index (χ3n) is 2.89. The second kappa shape index (κ2) is 5.55. The number of nitrogens with one attached hydrogen (secondary N) is 1. The Hall–Kier alpha value is -2.77. The minimum Gasteiger partial charge on any atom is -0.350 e. The Balaban J connectivity index is 1.97. The molecular formula is C14H10F3N5. The molecule has 0 saturated heterocycles. The smallest absolute Gasteiger partial charge is 0.350 e. The zero-order valence-corrected chi connectivity index (χ0v) is 11.2. The molecule has 3 rings (SSSR count). The van der Waals surface area contributed by atoms with E-state index in [-0.39, 0.29) is 17.1 Å². The Bertz CT molecular complexity index is 789. The standard InChI is InChI=1S/C14H10F3N5/c15-14(16,17)11-10-12(19-7-6-18-10)22-13(21-11)20-8-9-4-2-1-3-5-9/h1-7H,8H2,(H,19,20,21,22). The summed E-state index contributed by atoms with van der Waals surface area (Å²) in [5, 5.41) is 2.78. The van der Waals surface area contributed by atoms with Crippen LogP contribution in [0.15, 0.2) is 42.7 Å². The molecule has 0 bridgehead atoms. The monoisotopic (exact) mass is 305 g/mol. The molecule has 112 valence electrons. The summed E-state index contributed by atoms with van der Waals surface area (Å²) in [4.78, 5) is 15.0. The van der Waals surface area contributed by atoms with Crippen molar-refractivity contribution in [2.75, 3.05) is 5.32 Å². The lowest BCUT2D eigenvalue weighted by molar-refractivity contribution is -0.139. The van der Waals surface area contributed by atoms with Crippen LogP contribution in [0, 0.1) is 0 Å². The van der Waals surface area contributed by atoms with Gasteiger partial charge in [-0.3, -0.25) is 0 Å². The summed E-state index contributed by atoms with van der Waals surface area (Å²) >= 11 is 0. The molecule has 2 heterocycles. The largest absolute Gasteiger partial charge is 0.435 e. The van der Waals surface area contributed by atoms with E-state index < -0.39 is 11.9 Å². The van der Waals surface area contributed by atoms with E-state index in [1.165, 1.54) is 12.4 Å². The van der Waals surface area contributed by atoms with Gasteiger partial charge in [-0.1, -0.05) is 30.3 Å². The molecule has 0 atom stereocenters. The highest BCUT2D eigenvalue weighted by molar-refractivity contribution is 5.73. The average molecular weight is 305 g/mol. The van der Waals surface area contributed by atoms with E-state index in [2.05, 4.69) is 25.3 Å². The van der Waals surface area contributed by atoms with Crippen molar-refractivity contribution in [3.63, 3.8) is 0 Å². The molecular weight excluding hydrogens is 295 g/mol. The van der Waals surface area contributed by atoms with E-state index in [0.717, 1.165) is 5.56 Å². The van der Waals surface area contributed by atoms with Gasteiger partial charge in [-0.15, -0.1) is 0 Å². The Morgan fingerprint density at radius 1 is 0.955 bits per heavy atom. The first-order valence-electron chi connectivity index (χ1n) is 6.38. The number of benzene rings is 1. The van der Waals surface area contributed by atoms with Crippen LogP contribution in [0.4, 0.5) is 19.1 Å². The maximum atomic E-state index is 13.1. The molecule has 0 aliphatic heterocycles. The topological polar surface area (TPSA) is 63.6 Å². The van der Waals surface area contributed by atoms with Gasteiger partial charge < -0.3 is 5.32 Å². The van der Waals surface area contributed by atoms with Gasteiger partial charge >= 0.3 is 6.18 Å². The lowest BCUT2D eigenvalue weighted by atomic mass is 10.2. The van der Waals surface area contributed by atoms with Crippen LogP contribution in [0.1, 0.15) is 11.3 Å². The van der Waals surface area contributed by atoms with Crippen LogP contribution in [0.5, 0.6) is 0 Å². The first-order chi connectivity index (χ1) is 10.5. The second-order valence-corrected chi connectivity index (χ2v) is 4.46. The number of fused-ring (bicyclic) bond motifs is 1. The predicted molar refractivity (Wildman–Crippen MR) is 73.9 cm³/mol. The quantitative estimate of drug-likeness (QED) is 0.805. The Labute approximate surface area is 123 Å². The molecule has 0 spiro atoms. The van der Waals surface area contributed by atoms with Crippen molar-refractivity contribution in [2.45, 2.75) is 12.7 Å². The summed E-state index contributed by atoms with van der Waals surface area (Å²) < 4.78 is 39.2. The van der Waals surface area contributed by atoms with E-state index in [4.69, 9.17) is 0 Å². The molecule has 1 aromatic carbocycles. The summed E-state index contributed by atoms with van der Waals surface area (Å²) in [6, 6.07) is 9.22. The van der Waals surface area contributed by atoms with Gasteiger partial charge in [0, 0.05) is 18.9 Å². The normalized spacial score (nSPS) is 11.6. The van der Waals surface area contributed by atoms with E-state index in [1.807, 2.05) is 30.3 Å². The summed E-state index contributed by atoms with van der Waals surface area (Å²) in [5.41, 5.74) is -0.652. The van der Waals surface area contributed by atoms with Gasteiger partial charge in [0.15, 0.2) is 11.3 Å². The fourth-order valence-electron chi connectivity index (χ4n) is 1.92. The minimum absolute atomic E-state index is 0.0969. The highest BCUT2D eigenvalue weighted by Gasteiger charge is 2.36. The Morgan fingerprint density at radius 3 is 2.41 bits per heavy atom. The molecule has 0 unspecified atom stereocenters. The highest BCUT2D eigenvalue weighted by Crippen LogP contribution is 2.31. The summed E-state index contributed by atoms with van der Waals surface area (Å²) in [6.07, 6.45) is -2.16. The minimum atomic E-state index is -4.62. The molecule has 0 aliphatic carbocycles. The van der Waals surface area contributed by atoms with Crippen molar-refractivity contribution in [1.29, 1.82) is 0 Å². The molecule has 0 radical (unpaired) electrons. The first-order valence-corrected chi connectivity index (χ1v) is 6.38. The van der Waals surface area contributed by atoms with Crippen LogP contribution in [0.25, 0.3) is 11.2 Å². The van der Waals surface area contributed by atoms with E-state index in [9.17, 15) is 13.2 Å². The van der Waals surface area contributed by atoms with Crippen molar-refractivity contribution in [3.8, 4) is 0 Å². The maximum Gasteiger partial charge on any atom is 0.435 e. The Morgan fingerprint density at radius 2 is 1.68 bits per heavy atom. The molecule has 0 aliphatic rings. The zero-order chi connectivity index (χ0) is 15.6. The third-order valence-corrected chi connectivity index (χ3v) is 2.89. The molecule has 22 heavy (non-hydrogen) atoms. The second-order valence-electron chi connectivity index (χ2n) is 4.46. The molecule has 0 saturated carbocycles. The number of hydrogen-bond acceptors (Lipinski definition) is 5. The van der Waals surface area contributed by atoms with Crippen molar-refractivity contribution in [2.24, 2.45) is 0 Å². The summed E-state index contributed by atoms with van der Waals surface area (Å²) in [5.74, 6) is -0.135. The van der Waals surface area contributed by atoms with Crippen LogP contribution in [0.3, 0.4) is 0 Å². The van der Waals surface area contributed by atoms with Crippen LogP contribution >= 0.6 is 0 Å². The number of nitrogens with zero attached hydrogens (tertiary/aromatic N) is 4. The number of halogens is 3. The third kappa shape index (κ3) is 2.95. The van der Waals surface area contributed by atoms with E-state index >= 15 is 0 Å². The van der Waals surface area contributed by atoms with Crippen molar-refractivity contribution in [3.05, 3.63) is 54.0 Å². The van der Waals surface area contributed by atoms with Crippen LogP contribution in [0.2, 0.25) is 0 Å².